The van der Waals surface area contributed by atoms with Gasteiger partial charge in [-0.25, -0.2) is 9.18 Å². The van der Waals surface area contributed by atoms with E-state index in [1.54, 1.807) is 0 Å². The largest absolute Gasteiger partial charge is 0.511 e. The van der Waals surface area contributed by atoms with Gasteiger partial charge >= 0.3 is 6.16 Å². The van der Waals surface area contributed by atoms with Crippen molar-refractivity contribution in [3.63, 3.8) is 0 Å². The number of nitrogens with zero attached hydrogens (tertiary/aromatic N) is 2. The van der Waals surface area contributed by atoms with Gasteiger partial charge in [0.25, 0.3) is 10.1 Å². The lowest BCUT2D eigenvalue weighted by Gasteiger charge is -2.25. The average molecular weight is 516 g/mol. The number of nitrogens with one attached hydrogen (secondary N) is 1. The van der Waals surface area contributed by atoms with Gasteiger partial charge in [-0.3, -0.25) is 9.35 Å². The summed E-state index contributed by atoms with van der Waals surface area (Å²) < 4.78 is 54.5. The van der Waals surface area contributed by atoms with Gasteiger partial charge in [-0.15, -0.1) is 0 Å². The molecule has 2 aromatic rings. The third-order valence-corrected chi connectivity index (χ3v) is 7.75. The molecule has 10 nitrogen and oxygen atoms in total. The van der Waals surface area contributed by atoms with Crippen molar-refractivity contribution in [2.45, 2.75) is 43.5 Å². The summed E-state index contributed by atoms with van der Waals surface area (Å²) in [6, 6.07) is 0.876. The predicted octanol–water partition coefficient (Wildman–Crippen LogP) is 2.76. The minimum Gasteiger partial charge on any atom is -0.449 e. The van der Waals surface area contributed by atoms with Gasteiger partial charge in [0.2, 0.25) is 11.2 Å². The number of ether oxygens (including phenoxy) is 1. The number of benzene rings is 1. The first-order chi connectivity index (χ1) is 16.0. The molecule has 3 N–H and O–H groups in total. The Balaban J connectivity index is 1.77. The molecule has 0 radical (unpaired) electrons. The molecule has 0 amide bonds. The Hall–Kier alpha value is -2.41. The van der Waals surface area contributed by atoms with E-state index in [2.05, 4.69) is 10.1 Å². The summed E-state index contributed by atoms with van der Waals surface area (Å²) in [6.07, 6.45) is 1.39. The van der Waals surface area contributed by atoms with E-state index in [1.165, 1.54) is 4.57 Å². The van der Waals surface area contributed by atoms with Crippen LogP contribution >= 0.6 is 11.6 Å². The molecule has 1 aliphatic carbocycles. The smallest absolute Gasteiger partial charge is 0.449 e. The van der Waals surface area contributed by atoms with Crippen LogP contribution in [0.4, 0.5) is 14.9 Å². The normalized spacial score (nSPS) is 22.7. The van der Waals surface area contributed by atoms with Crippen molar-refractivity contribution in [3.05, 3.63) is 32.8 Å². The number of rotatable bonds is 5. The maximum Gasteiger partial charge on any atom is 0.511 e. The van der Waals surface area contributed by atoms with Crippen LogP contribution < -0.4 is 20.4 Å². The lowest BCUT2D eigenvalue weighted by atomic mass is 9.94. The van der Waals surface area contributed by atoms with Crippen molar-refractivity contribution in [1.29, 1.82) is 0 Å². The molecular formula is C21H23ClFN3O7S. The maximum atomic E-state index is 15.4. The fourth-order valence-corrected chi connectivity index (χ4v) is 6.28. The van der Waals surface area contributed by atoms with Crippen molar-refractivity contribution in [2.24, 2.45) is 5.92 Å². The molecule has 5 rings (SSSR count). The standard InChI is InChI=1S/C21H23ClFN3O7S/c22-16-17-12(6-13(23)18(16)25-7-10-2-1-5-24-14(10)8-25)19(27)20(33-21(28)29)15(9-34(30,31)32)26(17)11-3-4-11/h6,10-11,14,24H,1-5,7-9H2,(H,28,29)(H,30,31,32)/t10-,14+/m0/s1. The number of aromatic nitrogens is 1. The van der Waals surface area contributed by atoms with Crippen LogP contribution in [0.25, 0.3) is 10.9 Å². The van der Waals surface area contributed by atoms with Gasteiger partial charge < -0.3 is 24.6 Å². The molecule has 3 aliphatic rings. The highest BCUT2D eigenvalue weighted by molar-refractivity contribution is 7.85. The first kappa shape index (κ1) is 23.3. The molecule has 2 aliphatic heterocycles. The monoisotopic (exact) mass is 515 g/mol. The third-order valence-electron chi connectivity index (χ3n) is 6.75. The summed E-state index contributed by atoms with van der Waals surface area (Å²) in [5.74, 6) is -2.26. The number of piperidine rings is 1. The van der Waals surface area contributed by atoms with Crippen molar-refractivity contribution < 1.29 is 32.0 Å². The summed E-state index contributed by atoms with van der Waals surface area (Å²) in [5, 5.41) is 12.3. The van der Waals surface area contributed by atoms with Crippen molar-refractivity contribution in [1.82, 2.24) is 9.88 Å². The fourth-order valence-electron chi connectivity index (χ4n) is 5.26. The van der Waals surface area contributed by atoms with E-state index in [0.29, 0.717) is 31.8 Å². The van der Waals surface area contributed by atoms with Crippen molar-refractivity contribution in [2.75, 3.05) is 24.5 Å². The Morgan fingerprint density at radius 1 is 1.29 bits per heavy atom. The quantitative estimate of drug-likeness (QED) is 0.405. The molecule has 34 heavy (non-hydrogen) atoms. The van der Waals surface area contributed by atoms with Gasteiger partial charge in [-0.1, -0.05) is 11.6 Å². The van der Waals surface area contributed by atoms with Crippen molar-refractivity contribution >= 4 is 44.5 Å². The number of hydrogen-bond donors (Lipinski definition) is 3. The van der Waals surface area contributed by atoms with Crippen LogP contribution in [0.15, 0.2) is 10.9 Å². The zero-order valence-corrected chi connectivity index (χ0v) is 19.5. The van der Waals surface area contributed by atoms with Gasteiger partial charge in [0.05, 0.1) is 27.3 Å². The minimum absolute atomic E-state index is 0.0592. The maximum absolute atomic E-state index is 15.4. The number of halogens is 2. The fraction of sp³-hybridized carbons (Fsp3) is 0.524. The molecule has 1 saturated carbocycles. The van der Waals surface area contributed by atoms with Crippen LogP contribution in [-0.2, 0) is 15.9 Å². The van der Waals surface area contributed by atoms with Crippen molar-refractivity contribution in [3.8, 4) is 5.75 Å². The van der Waals surface area contributed by atoms with E-state index in [-0.39, 0.29) is 39.4 Å². The summed E-state index contributed by atoms with van der Waals surface area (Å²) in [7, 11) is -4.68. The highest BCUT2D eigenvalue weighted by Gasteiger charge is 2.38. The number of carbonyl (C=O) groups is 1. The number of carboxylic acid groups (broad SMARTS) is 1. The third kappa shape index (κ3) is 4.12. The summed E-state index contributed by atoms with van der Waals surface area (Å²) >= 11 is 6.74. The van der Waals surface area contributed by atoms with Crippen LogP contribution in [0.1, 0.15) is 37.4 Å². The molecule has 2 saturated heterocycles. The average Bonchev–Trinajstić information content (AvgIpc) is 3.48. The Kier molecular flexibility index (Phi) is 5.74. The van der Waals surface area contributed by atoms with E-state index in [1.807, 2.05) is 4.90 Å². The van der Waals surface area contributed by atoms with Gasteiger partial charge in [-0.05, 0) is 44.2 Å². The summed E-state index contributed by atoms with van der Waals surface area (Å²) in [5.41, 5.74) is -1.13. The van der Waals surface area contributed by atoms with E-state index < -0.39 is 39.0 Å². The van der Waals surface area contributed by atoms with Gasteiger partial charge in [-0.2, -0.15) is 8.42 Å². The first-order valence-corrected chi connectivity index (χ1v) is 13.0. The SMILES string of the molecule is O=C(O)Oc1c(CS(=O)(=O)O)n(C2CC2)c2c(Cl)c(N3C[C@@H]4CCCN[C@@H]4C3)c(F)cc2c1=O. The van der Waals surface area contributed by atoms with Crippen LogP contribution in [-0.4, -0.2) is 54.5 Å². The van der Waals surface area contributed by atoms with Crippen LogP contribution in [0.2, 0.25) is 5.02 Å². The lowest BCUT2D eigenvalue weighted by Crippen LogP contribution is -2.40. The Labute approximate surface area is 199 Å². The molecule has 3 fully saturated rings. The molecule has 3 heterocycles. The van der Waals surface area contributed by atoms with Crippen LogP contribution in [0, 0.1) is 11.7 Å². The number of pyridine rings is 1. The molecular weight excluding hydrogens is 493 g/mol. The van der Waals surface area contributed by atoms with Gasteiger partial charge in [0, 0.05) is 25.2 Å². The molecule has 1 aromatic heterocycles. The highest BCUT2D eigenvalue weighted by atomic mass is 35.5. The second kappa shape index (κ2) is 8.36. The molecule has 184 valence electrons. The second-order valence-electron chi connectivity index (χ2n) is 9.09. The number of fused-ring (bicyclic) bond motifs is 2. The first-order valence-electron chi connectivity index (χ1n) is 11.0. The number of anilines is 1. The number of hydrogen-bond acceptors (Lipinski definition) is 7. The van der Waals surface area contributed by atoms with Gasteiger partial charge in [0.15, 0.2) is 0 Å². The lowest BCUT2D eigenvalue weighted by molar-refractivity contribution is 0.143. The topological polar surface area (TPSA) is 138 Å². The molecule has 0 bridgehead atoms. The Bertz CT molecular complexity index is 1340. The molecule has 13 heteroatoms. The van der Waals surface area contributed by atoms with Crippen LogP contribution in [0.5, 0.6) is 5.75 Å². The summed E-state index contributed by atoms with van der Waals surface area (Å²) in [6.45, 7) is 1.99. The minimum atomic E-state index is -4.68. The zero-order valence-electron chi connectivity index (χ0n) is 18.0. The molecule has 2 atom stereocenters. The van der Waals surface area contributed by atoms with Crippen LogP contribution in [0.3, 0.4) is 0 Å². The van der Waals surface area contributed by atoms with E-state index in [0.717, 1.165) is 25.5 Å². The molecule has 0 unspecified atom stereocenters. The molecule has 0 spiro atoms. The Morgan fingerprint density at radius 2 is 2.03 bits per heavy atom. The Morgan fingerprint density at radius 3 is 2.65 bits per heavy atom. The zero-order chi connectivity index (χ0) is 24.4. The van der Waals surface area contributed by atoms with E-state index in [9.17, 15) is 22.6 Å². The van der Waals surface area contributed by atoms with Gasteiger partial charge in [0.1, 0.15) is 11.6 Å². The van der Waals surface area contributed by atoms with E-state index in [4.69, 9.17) is 16.7 Å². The second-order valence-corrected chi connectivity index (χ2v) is 10.9. The summed E-state index contributed by atoms with van der Waals surface area (Å²) in [4.78, 5) is 26.3. The highest BCUT2D eigenvalue weighted by Crippen LogP contribution is 2.45. The van der Waals surface area contributed by atoms with E-state index >= 15 is 4.39 Å². The molecule has 1 aromatic carbocycles. The predicted molar refractivity (Wildman–Crippen MR) is 122 cm³/mol.